The number of fused-ring (bicyclic) bond motifs is 2. The summed E-state index contributed by atoms with van der Waals surface area (Å²) < 4.78 is 13.9. The Morgan fingerprint density at radius 1 is 1.14 bits per heavy atom. The molecule has 1 unspecified atom stereocenters. The standard InChI is InChI=1S/C27H23FN8O/c1-36(2)27(37)31-19-10-16(12-29-14-19)17-11-21-24(34-35-25(21)30-13-17)26-32-22-8-4-7-20(23(22)33-26)15-5-3-6-18(28)9-15/h3-13,19H,14H2,1-2H3,(H,31,37)(H,32,33)(H,30,34,35). The van der Waals surface area contributed by atoms with Crippen molar-refractivity contribution >= 4 is 39.9 Å². The van der Waals surface area contributed by atoms with Gasteiger partial charge in [-0.25, -0.2) is 19.2 Å². The Kier molecular flexibility index (Phi) is 5.48. The van der Waals surface area contributed by atoms with E-state index in [1.165, 1.54) is 17.0 Å². The highest BCUT2D eigenvalue weighted by molar-refractivity contribution is 6.11. The molecule has 5 aromatic rings. The van der Waals surface area contributed by atoms with Gasteiger partial charge in [0, 0.05) is 37.6 Å². The quantitative estimate of drug-likeness (QED) is 0.343. The van der Waals surface area contributed by atoms with Crippen molar-refractivity contribution in [2.45, 2.75) is 6.04 Å². The number of hydrogen-bond donors (Lipinski definition) is 3. The molecule has 4 heterocycles. The van der Waals surface area contributed by atoms with Crippen LogP contribution in [0.2, 0.25) is 0 Å². The predicted octanol–water partition coefficient (Wildman–Crippen LogP) is 4.41. The van der Waals surface area contributed by atoms with Crippen molar-refractivity contribution in [2.75, 3.05) is 20.6 Å². The van der Waals surface area contributed by atoms with E-state index < -0.39 is 0 Å². The van der Waals surface area contributed by atoms with Crippen molar-refractivity contribution < 1.29 is 9.18 Å². The molecule has 0 fully saturated rings. The number of para-hydroxylation sites is 1. The summed E-state index contributed by atoms with van der Waals surface area (Å²) in [7, 11) is 3.40. The number of aromatic amines is 2. The fraction of sp³-hybridized carbons (Fsp3) is 0.148. The number of halogens is 1. The number of pyridine rings is 1. The summed E-state index contributed by atoms with van der Waals surface area (Å²) in [4.78, 5) is 30.7. The Hall–Kier alpha value is -4.86. The minimum Gasteiger partial charge on any atom is -0.337 e. The number of carbonyl (C=O) groups excluding carboxylic acids is 1. The number of urea groups is 1. The molecule has 9 nitrogen and oxygen atoms in total. The van der Waals surface area contributed by atoms with E-state index in [0.29, 0.717) is 23.7 Å². The summed E-state index contributed by atoms with van der Waals surface area (Å²) in [5.41, 5.74) is 6.08. The third-order valence-corrected chi connectivity index (χ3v) is 6.26. The zero-order valence-electron chi connectivity index (χ0n) is 20.2. The number of imidazole rings is 1. The van der Waals surface area contributed by atoms with Crippen molar-refractivity contribution in [3.63, 3.8) is 0 Å². The van der Waals surface area contributed by atoms with Crippen LogP contribution in [-0.2, 0) is 0 Å². The van der Waals surface area contributed by atoms with Crippen molar-refractivity contribution in [1.82, 2.24) is 35.4 Å². The van der Waals surface area contributed by atoms with Gasteiger partial charge in [0.05, 0.1) is 29.0 Å². The second-order valence-corrected chi connectivity index (χ2v) is 9.06. The fourth-order valence-corrected chi connectivity index (χ4v) is 4.40. The van der Waals surface area contributed by atoms with Crippen LogP contribution in [0.5, 0.6) is 0 Å². The van der Waals surface area contributed by atoms with Gasteiger partial charge >= 0.3 is 6.03 Å². The number of H-pyrrole nitrogens is 2. The number of hydrogen-bond acceptors (Lipinski definition) is 5. The second-order valence-electron chi connectivity index (χ2n) is 9.06. The number of nitrogens with zero attached hydrogens (tertiary/aromatic N) is 5. The number of dihydropyridines is 1. The van der Waals surface area contributed by atoms with Crippen LogP contribution in [0.4, 0.5) is 9.18 Å². The molecule has 0 radical (unpaired) electrons. The largest absolute Gasteiger partial charge is 0.337 e. The van der Waals surface area contributed by atoms with Gasteiger partial charge in [0.1, 0.15) is 11.5 Å². The van der Waals surface area contributed by atoms with Gasteiger partial charge in [-0.2, -0.15) is 5.10 Å². The summed E-state index contributed by atoms with van der Waals surface area (Å²) in [5.74, 6) is 0.301. The molecule has 0 spiro atoms. The summed E-state index contributed by atoms with van der Waals surface area (Å²) in [5, 5.41) is 11.1. The van der Waals surface area contributed by atoms with Crippen molar-refractivity contribution in [2.24, 2.45) is 4.99 Å². The molecule has 2 amide bonds. The van der Waals surface area contributed by atoms with Crippen LogP contribution in [0.3, 0.4) is 0 Å². The first kappa shape index (κ1) is 22.6. The topological polar surface area (TPSA) is 115 Å². The molecule has 0 bridgehead atoms. The first-order valence-corrected chi connectivity index (χ1v) is 11.8. The number of benzene rings is 2. The van der Waals surface area contributed by atoms with Gasteiger partial charge in [0.2, 0.25) is 0 Å². The van der Waals surface area contributed by atoms with E-state index in [2.05, 4.69) is 30.5 Å². The lowest BCUT2D eigenvalue weighted by Crippen LogP contribution is -2.42. The van der Waals surface area contributed by atoms with E-state index in [9.17, 15) is 9.18 Å². The number of nitrogens with one attached hydrogen (secondary N) is 3. The zero-order chi connectivity index (χ0) is 25.5. The molecular weight excluding hydrogens is 471 g/mol. The Balaban J connectivity index is 1.39. The van der Waals surface area contributed by atoms with E-state index in [0.717, 1.165) is 38.7 Å². The van der Waals surface area contributed by atoms with Gasteiger partial charge in [0.25, 0.3) is 0 Å². The van der Waals surface area contributed by atoms with Gasteiger partial charge in [-0.05, 0) is 35.4 Å². The van der Waals surface area contributed by atoms with Gasteiger partial charge < -0.3 is 15.2 Å². The Morgan fingerprint density at radius 3 is 2.84 bits per heavy atom. The molecule has 184 valence electrons. The van der Waals surface area contributed by atoms with Crippen LogP contribution in [-0.4, -0.2) is 69.0 Å². The van der Waals surface area contributed by atoms with E-state index in [1.54, 1.807) is 32.6 Å². The van der Waals surface area contributed by atoms with Crippen LogP contribution in [0.25, 0.3) is 50.3 Å². The highest BCUT2D eigenvalue weighted by Crippen LogP contribution is 2.32. The lowest BCUT2D eigenvalue weighted by molar-refractivity contribution is 0.215. The van der Waals surface area contributed by atoms with Crippen LogP contribution >= 0.6 is 0 Å². The maximum absolute atomic E-state index is 13.9. The van der Waals surface area contributed by atoms with Crippen LogP contribution in [0.15, 0.2) is 65.8 Å². The van der Waals surface area contributed by atoms with Gasteiger partial charge in [0.15, 0.2) is 11.5 Å². The molecule has 10 heteroatoms. The molecule has 2 aromatic carbocycles. The lowest BCUT2D eigenvalue weighted by atomic mass is 10.0. The summed E-state index contributed by atoms with van der Waals surface area (Å²) in [6.45, 7) is 0.475. The molecule has 0 saturated carbocycles. The lowest BCUT2D eigenvalue weighted by Gasteiger charge is -2.20. The Morgan fingerprint density at radius 2 is 2.00 bits per heavy atom. The van der Waals surface area contributed by atoms with Crippen LogP contribution in [0.1, 0.15) is 5.56 Å². The summed E-state index contributed by atoms with van der Waals surface area (Å²) >= 11 is 0. The summed E-state index contributed by atoms with van der Waals surface area (Å²) in [6, 6.07) is 13.8. The van der Waals surface area contributed by atoms with Crippen LogP contribution in [0, 0.1) is 5.82 Å². The first-order chi connectivity index (χ1) is 18.0. The van der Waals surface area contributed by atoms with Gasteiger partial charge in [-0.15, -0.1) is 0 Å². The second kappa shape index (κ2) is 8.98. The van der Waals surface area contributed by atoms with Gasteiger partial charge in [-0.1, -0.05) is 30.3 Å². The highest BCUT2D eigenvalue weighted by Gasteiger charge is 2.19. The number of amides is 2. The molecule has 3 aromatic heterocycles. The van der Waals surface area contributed by atoms with Crippen molar-refractivity contribution in [1.29, 1.82) is 0 Å². The first-order valence-electron chi connectivity index (χ1n) is 11.8. The van der Waals surface area contributed by atoms with E-state index >= 15 is 0 Å². The average Bonchev–Trinajstić information content (AvgIpc) is 3.52. The molecule has 0 aliphatic carbocycles. The van der Waals surface area contributed by atoms with Gasteiger partial charge in [-0.3, -0.25) is 10.1 Å². The van der Waals surface area contributed by atoms with Crippen LogP contribution < -0.4 is 5.32 Å². The molecule has 1 aliphatic heterocycles. The Bertz CT molecular complexity index is 1710. The molecule has 37 heavy (non-hydrogen) atoms. The number of rotatable bonds is 4. The Labute approximate surface area is 211 Å². The third-order valence-electron chi connectivity index (χ3n) is 6.26. The molecular formula is C27H23FN8O. The predicted molar refractivity (Wildman–Crippen MR) is 142 cm³/mol. The van der Waals surface area contributed by atoms with Crippen molar-refractivity contribution in [3.05, 3.63) is 72.2 Å². The fourth-order valence-electron chi connectivity index (χ4n) is 4.40. The molecule has 1 aliphatic rings. The van der Waals surface area contributed by atoms with E-state index in [1.807, 2.05) is 36.4 Å². The smallest absolute Gasteiger partial charge is 0.317 e. The molecule has 3 N–H and O–H groups in total. The number of aliphatic imine (C=N–C) groups is 1. The van der Waals surface area contributed by atoms with E-state index in [4.69, 9.17) is 4.98 Å². The maximum Gasteiger partial charge on any atom is 0.317 e. The number of aromatic nitrogens is 5. The maximum atomic E-state index is 13.9. The molecule has 0 saturated heterocycles. The number of allylic oxidation sites excluding steroid dienone is 1. The third kappa shape index (κ3) is 4.22. The summed E-state index contributed by atoms with van der Waals surface area (Å²) in [6.07, 6.45) is 5.50. The highest BCUT2D eigenvalue weighted by atomic mass is 19.1. The normalized spacial score (nSPS) is 15.2. The average molecular weight is 495 g/mol. The molecule has 6 rings (SSSR count). The molecule has 1 atom stereocenters. The van der Waals surface area contributed by atoms with E-state index in [-0.39, 0.29) is 17.9 Å². The monoisotopic (exact) mass is 494 g/mol. The number of carbonyl (C=O) groups is 1. The van der Waals surface area contributed by atoms with Crippen molar-refractivity contribution in [3.8, 4) is 22.6 Å². The minimum absolute atomic E-state index is 0.175. The minimum atomic E-state index is -0.299. The zero-order valence-corrected chi connectivity index (χ0v) is 20.2. The SMILES string of the molecule is CN(C)C(=O)NC1C=C(c2cnc3n[nH]c(-c4nc5c(-c6cccc(F)c6)cccc5[nH]4)c3c2)C=NC1.